The van der Waals surface area contributed by atoms with Gasteiger partial charge in [0, 0.05) is 47.8 Å². The van der Waals surface area contributed by atoms with Gasteiger partial charge in [-0.15, -0.1) is 0 Å². The Hall–Kier alpha value is -3.92. The number of carbonyl (C=O) groups excluding carboxylic acids is 2. The number of nitrogens with zero attached hydrogens (tertiary/aromatic N) is 1. The molecule has 10 heteroatoms. The van der Waals surface area contributed by atoms with E-state index in [-0.39, 0.29) is 36.7 Å². The number of ether oxygens (including phenoxy) is 2. The number of allylic oxidation sites excluding steroid dienone is 4. The van der Waals surface area contributed by atoms with Crippen molar-refractivity contribution in [1.82, 2.24) is 4.90 Å². The summed E-state index contributed by atoms with van der Waals surface area (Å²) in [4.78, 5) is 51.5. The Kier molecular flexibility index (Phi) is 8.30. The SMILES string of the molecule is COc1cc(C2C3=C(CCCC3=O)N(CCC(=O)O)C3=C2C(=O)CCC3)cc(Br)c1OCc1ccc(C(=O)O)cc1. The quantitative estimate of drug-likeness (QED) is 0.365. The highest BCUT2D eigenvalue weighted by atomic mass is 79.9. The number of methoxy groups -OCH3 is 1. The van der Waals surface area contributed by atoms with Gasteiger partial charge in [-0.2, -0.15) is 0 Å². The smallest absolute Gasteiger partial charge is 0.335 e. The van der Waals surface area contributed by atoms with Crippen LogP contribution in [-0.2, 0) is 21.0 Å². The van der Waals surface area contributed by atoms with Crippen molar-refractivity contribution in [3.8, 4) is 11.5 Å². The van der Waals surface area contributed by atoms with Crippen molar-refractivity contribution in [3.05, 3.63) is 80.1 Å². The van der Waals surface area contributed by atoms with Crippen LogP contribution >= 0.6 is 15.9 Å². The van der Waals surface area contributed by atoms with E-state index in [2.05, 4.69) is 15.9 Å². The molecule has 2 aromatic carbocycles. The lowest BCUT2D eigenvalue weighted by molar-refractivity contribution is -0.137. The van der Waals surface area contributed by atoms with Crippen LogP contribution in [0.3, 0.4) is 0 Å². The van der Waals surface area contributed by atoms with Crippen LogP contribution in [0.1, 0.15) is 72.3 Å². The Morgan fingerprint density at radius 3 is 2.10 bits per heavy atom. The molecular formula is C31H30BrNO8. The second kappa shape index (κ2) is 11.9. The van der Waals surface area contributed by atoms with Gasteiger partial charge in [0.25, 0.3) is 0 Å². The van der Waals surface area contributed by atoms with Crippen molar-refractivity contribution in [3.63, 3.8) is 0 Å². The van der Waals surface area contributed by atoms with Gasteiger partial charge in [0.15, 0.2) is 23.1 Å². The van der Waals surface area contributed by atoms with Gasteiger partial charge in [-0.05, 0) is 77.0 Å². The third kappa shape index (κ3) is 5.66. The molecule has 2 aromatic rings. The maximum atomic E-state index is 13.5. The third-order valence-electron chi connectivity index (χ3n) is 7.80. The van der Waals surface area contributed by atoms with E-state index in [0.717, 1.165) is 22.5 Å². The van der Waals surface area contributed by atoms with Gasteiger partial charge in [0.2, 0.25) is 0 Å². The minimum Gasteiger partial charge on any atom is -0.493 e. The summed E-state index contributed by atoms with van der Waals surface area (Å²) in [6.07, 6.45) is 3.30. The number of halogens is 1. The molecule has 0 unspecified atom stereocenters. The molecule has 0 aromatic heterocycles. The van der Waals surface area contributed by atoms with E-state index >= 15 is 0 Å². The highest BCUT2D eigenvalue weighted by molar-refractivity contribution is 9.10. The molecule has 0 amide bonds. The minimum absolute atomic E-state index is 0.0262. The molecule has 2 aliphatic carbocycles. The van der Waals surface area contributed by atoms with Gasteiger partial charge in [0.05, 0.1) is 23.6 Å². The fourth-order valence-electron chi connectivity index (χ4n) is 5.97. The molecular weight excluding hydrogens is 594 g/mol. The number of ketones is 2. The molecule has 0 fully saturated rings. The van der Waals surface area contributed by atoms with Crippen molar-refractivity contribution in [1.29, 1.82) is 0 Å². The van der Waals surface area contributed by atoms with Gasteiger partial charge < -0.3 is 24.6 Å². The fourth-order valence-corrected chi connectivity index (χ4v) is 6.55. The minimum atomic E-state index is -1.00. The van der Waals surface area contributed by atoms with Crippen LogP contribution in [0.4, 0.5) is 0 Å². The van der Waals surface area contributed by atoms with Crippen LogP contribution in [-0.4, -0.2) is 52.3 Å². The molecule has 0 saturated carbocycles. The third-order valence-corrected chi connectivity index (χ3v) is 8.39. The average molecular weight is 624 g/mol. The molecule has 0 spiro atoms. The second-order valence-corrected chi connectivity index (χ2v) is 11.2. The number of carboxylic acids is 2. The number of carboxylic acid groups (broad SMARTS) is 2. The van der Waals surface area contributed by atoms with E-state index in [1.807, 2.05) is 11.0 Å². The van der Waals surface area contributed by atoms with Gasteiger partial charge in [-0.1, -0.05) is 12.1 Å². The summed E-state index contributed by atoms with van der Waals surface area (Å²) in [5, 5.41) is 18.5. The van der Waals surface area contributed by atoms with E-state index < -0.39 is 17.9 Å². The molecule has 9 nitrogen and oxygen atoms in total. The van der Waals surface area contributed by atoms with Crippen LogP contribution < -0.4 is 9.47 Å². The molecule has 0 saturated heterocycles. The standard InChI is InChI=1S/C31H30BrNO8/c1-40-25-15-19(14-20(32)30(25)41-16-17-8-10-18(11-9-17)31(38)39)27-28-21(4-2-6-23(28)34)33(13-12-26(36)37)22-5-3-7-24(35)29(22)27/h8-11,14-15,27H,2-7,12-13,16H2,1H3,(H,36,37)(H,38,39). The first kappa shape index (κ1) is 28.6. The molecule has 2 N–H and O–H groups in total. The van der Waals surface area contributed by atoms with E-state index in [1.54, 1.807) is 18.2 Å². The van der Waals surface area contributed by atoms with Crippen molar-refractivity contribution < 1.29 is 38.9 Å². The Balaban J connectivity index is 1.55. The highest BCUT2D eigenvalue weighted by Gasteiger charge is 2.43. The van der Waals surface area contributed by atoms with E-state index in [1.165, 1.54) is 19.2 Å². The number of Topliss-reactive ketones (excluding diaryl/α,β-unsaturated/α-hetero) is 2. The lowest BCUT2D eigenvalue weighted by Gasteiger charge is -2.44. The molecule has 1 heterocycles. The average Bonchev–Trinajstić information content (AvgIpc) is 2.95. The van der Waals surface area contributed by atoms with E-state index in [4.69, 9.17) is 14.6 Å². The van der Waals surface area contributed by atoms with Crippen molar-refractivity contribution in [2.75, 3.05) is 13.7 Å². The van der Waals surface area contributed by atoms with Crippen LogP contribution in [0.15, 0.2) is 63.4 Å². The first-order chi connectivity index (χ1) is 19.7. The van der Waals surface area contributed by atoms with Crippen molar-refractivity contribution in [2.24, 2.45) is 0 Å². The van der Waals surface area contributed by atoms with Crippen LogP contribution in [0.5, 0.6) is 11.5 Å². The second-order valence-electron chi connectivity index (χ2n) is 10.3. The number of hydrogen-bond acceptors (Lipinski definition) is 7. The summed E-state index contributed by atoms with van der Waals surface area (Å²) >= 11 is 3.61. The van der Waals surface area contributed by atoms with Crippen molar-refractivity contribution in [2.45, 2.75) is 57.5 Å². The number of benzene rings is 2. The summed E-state index contributed by atoms with van der Waals surface area (Å²) in [5.74, 6) is -1.71. The predicted octanol–water partition coefficient (Wildman–Crippen LogP) is 5.62. The molecule has 0 atom stereocenters. The van der Waals surface area contributed by atoms with Crippen LogP contribution in [0.2, 0.25) is 0 Å². The number of carbonyl (C=O) groups is 4. The topological polar surface area (TPSA) is 130 Å². The van der Waals surface area contributed by atoms with E-state index in [0.29, 0.717) is 65.6 Å². The van der Waals surface area contributed by atoms with Gasteiger partial charge in [0.1, 0.15) is 6.61 Å². The number of aromatic carboxylic acids is 1. The molecule has 3 aliphatic rings. The summed E-state index contributed by atoms with van der Waals surface area (Å²) in [6, 6.07) is 10.0. The Morgan fingerprint density at radius 2 is 1.56 bits per heavy atom. The van der Waals surface area contributed by atoms with Gasteiger partial charge in [-0.3, -0.25) is 14.4 Å². The Morgan fingerprint density at radius 1 is 0.951 bits per heavy atom. The number of aliphatic carboxylic acids is 1. The normalized spacial score (nSPS) is 17.4. The van der Waals surface area contributed by atoms with Gasteiger partial charge in [-0.25, -0.2) is 4.79 Å². The summed E-state index contributed by atoms with van der Waals surface area (Å²) < 4.78 is 12.4. The molecule has 5 rings (SSSR count). The summed E-state index contributed by atoms with van der Waals surface area (Å²) in [6.45, 7) is 0.380. The Bertz CT molecular complexity index is 1450. The first-order valence-electron chi connectivity index (χ1n) is 13.5. The predicted molar refractivity (Wildman–Crippen MR) is 152 cm³/mol. The Labute approximate surface area is 245 Å². The first-order valence-corrected chi connectivity index (χ1v) is 14.3. The molecule has 1 aliphatic heterocycles. The fraction of sp³-hybridized carbons (Fsp3) is 0.355. The van der Waals surface area contributed by atoms with E-state index in [9.17, 15) is 24.3 Å². The maximum Gasteiger partial charge on any atom is 0.335 e. The number of hydrogen-bond donors (Lipinski definition) is 2. The zero-order valence-corrected chi connectivity index (χ0v) is 24.2. The zero-order chi connectivity index (χ0) is 29.3. The zero-order valence-electron chi connectivity index (χ0n) is 22.6. The highest BCUT2D eigenvalue weighted by Crippen LogP contribution is 2.51. The van der Waals surface area contributed by atoms with Crippen molar-refractivity contribution >= 4 is 39.4 Å². The molecule has 0 radical (unpaired) electrons. The number of rotatable bonds is 9. The van der Waals surface area contributed by atoms with Gasteiger partial charge >= 0.3 is 11.9 Å². The lowest BCUT2D eigenvalue weighted by Crippen LogP contribution is -2.39. The monoisotopic (exact) mass is 623 g/mol. The maximum absolute atomic E-state index is 13.5. The van der Waals surface area contributed by atoms with Crippen LogP contribution in [0.25, 0.3) is 0 Å². The summed E-state index contributed by atoms with van der Waals surface area (Å²) in [5.41, 5.74) is 4.45. The summed E-state index contributed by atoms with van der Waals surface area (Å²) in [7, 11) is 1.52. The lowest BCUT2D eigenvalue weighted by atomic mass is 9.71. The molecule has 0 bridgehead atoms. The largest absolute Gasteiger partial charge is 0.493 e. The van der Waals surface area contributed by atoms with Crippen LogP contribution in [0, 0.1) is 0 Å². The molecule has 214 valence electrons. The molecule has 41 heavy (non-hydrogen) atoms.